The van der Waals surface area contributed by atoms with E-state index in [4.69, 9.17) is 16.3 Å². The van der Waals surface area contributed by atoms with Crippen LogP contribution in [0.3, 0.4) is 0 Å². The van der Waals surface area contributed by atoms with Crippen molar-refractivity contribution in [3.05, 3.63) is 71.1 Å². The molecule has 1 heterocycles. The summed E-state index contributed by atoms with van der Waals surface area (Å²) in [6.07, 6.45) is 1.66. The van der Waals surface area contributed by atoms with Crippen LogP contribution in [0.2, 0.25) is 5.02 Å². The summed E-state index contributed by atoms with van der Waals surface area (Å²) >= 11 is 6.08. The molecule has 20 heavy (non-hydrogen) atoms. The largest absolute Gasteiger partial charge is 0.489 e. The lowest BCUT2D eigenvalue weighted by molar-refractivity contribution is 0.306. The van der Waals surface area contributed by atoms with E-state index in [0.29, 0.717) is 17.4 Å². The SMILES string of the molecule is Fc1ccc(COc2ccc3c(Cl)ccnc3c2)cc1. The Balaban J connectivity index is 1.79. The average molecular weight is 288 g/mol. The number of hydrogen-bond donors (Lipinski definition) is 0. The monoisotopic (exact) mass is 287 g/mol. The Morgan fingerprint density at radius 2 is 1.85 bits per heavy atom. The Bertz CT molecular complexity index is 743. The molecule has 100 valence electrons. The fourth-order valence-electron chi connectivity index (χ4n) is 1.93. The number of rotatable bonds is 3. The number of fused-ring (bicyclic) bond motifs is 1. The number of benzene rings is 2. The molecule has 0 fully saturated rings. The first-order valence-electron chi connectivity index (χ1n) is 6.14. The van der Waals surface area contributed by atoms with Crippen molar-refractivity contribution in [3.8, 4) is 5.75 Å². The van der Waals surface area contributed by atoms with E-state index in [0.717, 1.165) is 16.5 Å². The summed E-state index contributed by atoms with van der Waals surface area (Å²) in [5.74, 6) is 0.454. The number of halogens is 2. The molecular weight excluding hydrogens is 277 g/mol. The highest BCUT2D eigenvalue weighted by molar-refractivity contribution is 6.35. The van der Waals surface area contributed by atoms with Gasteiger partial charge in [-0.15, -0.1) is 0 Å². The van der Waals surface area contributed by atoms with Gasteiger partial charge in [-0.25, -0.2) is 4.39 Å². The Labute approximate surface area is 120 Å². The van der Waals surface area contributed by atoms with Crippen LogP contribution in [0.1, 0.15) is 5.56 Å². The van der Waals surface area contributed by atoms with E-state index >= 15 is 0 Å². The molecule has 0 spiro atoms. The van der Waals surface area contributed by atoms with Crippen LogP contribution in [-0.2, 0) is 6.61 Å². The topological polar surface area (TPSA) is 22.1 Å². The molecule has 1 aromatic heterocycles. The van der Waals surface area contributed by atoms with Gasteiger partial charge in [0.05, 0.1) is 10.5 Å². The van der Waals surface area contributed by atoms with Crippen molar-refractivity contribution in [2.75, 3.05) is 0 Å². The minimum atomic E-state index is -0.252. The van der Waals surface area contributed by atoms with Gasteiger partial charge in [0, 0.05) is 17.6 Å². The normalized spacial score (nSPS) is 10.7. The minimum Gasteiger partial charge on any atom is -0.489 e. The van der Waals surface area contributed by atoms with E-state index in [1.54, 1.807) is 24.4 Å². The van der Waals surface area contributed by atoms with Crippen molar-refractivity contribution in [1.29, 1.82) is 0 Å². The molecule has 0 radical (unpaired) electrons. The fraction of sp³-hybridized carbons (Fsp3) is 0.0625. The van der Waals surface area contributed by atoms with Gasteiger partial charge in [-0.1, -0.05) is 23.7 Å². The van der Waals surface area contributed by atoms with Gasteiger partial charge in [0.2, 0.25) is 0 Å². The average Bonchev–Trinajstić information content (AvgIpc) is 2.47. The molecule has 2 aromatic carbocycles. The molecule has 2 nitrogen and oxygen atoms in total. The highest BCUT2D eigenvalue weighted by atomic mass is 35.5. The van der Waals surface area contributed by atoms with Crippen LogP contribution >= 0.6 is 11.6 Å². The lowest BCUT2D eigenvalue weighted by Crippen LogP contribution is -1.95. The minimum absolute atomic E-state index is 0.252. The van der Waals surface area contributed by atoms with Crippen LogP contribution in [0.15, 0.2) is 54.7 Å². The number of aromatic nitrogens is 1. The predicted octanol–water partition coefficient (Wildman–Crippen LogP) is 4.61. The first kappa shape index (κ1) is 12.9. The van der Waals surface area contributed by atoms with E-state index in [1.807, 2.05) is 18.2 Å². The molecule has 0 bridgehead atoms. The third-order valence-corrected chi connectivity index (χ3v) is 3.31. The second-order valence-electron chi connectivity index (χ2n) is 4.39. The van der Waals surface area contributed by atoms with Crippen molar-refractivity contribution < 1.29 is 9.13 Å². The molecule has 0 aliphatic carbocycles. The van der Waals surface area contributed by atoms with E-state index in [-0.39, 0.29) is 5.82 Å². The lowest BCUT2D eigenvalue weighted by Gasteiger charge is -2.07. The summed E-state index contributed by atoms with van der Waals surface area (Å²) in [4.78, 5) is 4.26. The molecule has 0 N–H and O–H groups in total. The quantitative estimate of drug-likeness (QED) is 0.702. The van der Waals surface area contributed by atoms with Crippen molar-refractivity contribution in [3.63, 3.8) is 0 Å². The third-order valence-electron chi connectivity index (χ3n) is 2.98. The van der Waals surface area contributed by atoms with Crippen molar-refractivity contribution >= 4 is 22.5 Å². The Hall–Kier alpha value is -2.13. The van der Waals surface area contributed by atoms with E-state index in [9.17, 15) is 4.39 Å². The predicted molar refractivity (Wildman–Crippen MR) is 77.5 cm³/mol. The molecule has 0 unspecified atom stereocenters. The van der Waals surface area contributed by atoms with Gasteiger partial charge in [-0.05, 0) is 35.9 Å². The molecule has 3 rings (SSSR count). The highest BCUT2D eigenvalue weighted by Crippen LogP contribution is 2.25. The van der Waals surface area contributed by atoms with Gasteiger partial charge in [0.15, 0.2) is 0 Å². The van der Waals surface area contributed by atoms with Crippen LogP contribution in [0.5, 0.6) is 5.75 Å². The summed E-state index contributed by atoms with van der Waals surface area (Å²) in [6, 6.07) is 13.6. The van der Waals surface area contributed by atoms with Crippen molar-refractivity contribution in [2.45, 2.75) is 6.61 Å². The van der Waals surface area contributed by atoms with Gasteiger partial charge in [-0.2, -0.15) is 0 Å². The van der Waals surface area contributed by atoms with Gasteiger partial charge >= 0.3 is 0 Å². The second-order valence-corrected chi connectivity index (χ2v) is 4.79. The number of nitrogens with zero attached hydrogens (tertiary/aromatic N) is 1. The van der Waals surface area contributed by atoms with Gasteiger partial charge < -0.3 is 4.74 Å². The maximum Gasteiger partial charge on any atom is 0.123 e. The number of hydrogen-bond acceptors (Lipinski definition) is 2. The Morgan fingerprint density at radius 3 is 2.65 bits per heavy atom. The van der Waals surface area contributed by atoms with E-state index in [2.05, 4.69) is 4.98 Å². The second kappa shape index (κ2) is 5.47. The van der Waals surface area contributed by atoms with E-state index in [1.165, 1.54) is 12.1 Å². The number of ether oxygens (including phenoxy) is 1. The van der Waals surface area contributed by atoms with Crippen LogP contribution in [0, 0.1) is 5.82 Å². The van der Waals surface area contributed by atoms with Crippen LogP contribution in [0.4, 0.5) is 4.39 Å². The number of pyridine rings is 1. The zero-order valence-electron chi connectivity index (χ0n) is 10.5. The standard InChI is InChI=1S/C16H11ClFNO/c17-15-7-8-19-16-9-13(5-6-14(15)16)20-10-11-1-3-12(18)4-2-11/h1-9H,10H2. The van der Waals surface area contributed by atoms with E-state index < -0.39 is 0 Å². The summed E-state index contributed by atoms with van der Waals surface area (Å²) in [5, 5.41) is 1.56. The molecule has 3 aromatic rings. The van der Waals surface area contributed by atoms with Gasteiger partial charge in [-0.3, -0.25) is 4.98 Å². The summed E-state index contributed by atoms with van der Waals surface area (Å²) in [7, 11) is 0. The molecule has 0 saturated heterocycles. The molecule has 0 atom stereocenters. The van der Waals surface area contributed by atoms with Crippen molar-refractivity contribution in [2.24, 2.45) is 0 Å². The van der Waals surface area contributed by atoms with Crippen LogP contribution in [-0.4, -0.2) is 4.98 Å². The molecule has 0 aliphatic heterocycles. The third kappa shape index (κ3) is 2.73. The molecule has 0 saturated carbocycles. The van der Waals surface area contributed by atoms with Crippen LogP contribution in [0.25, 0.3) is 10.9 Å². The lowest BCUT2D eigenvalue weighted by atomic mass is 10.2. The smallest absolute Gasteiger partial charge is 0.123 e. The zero-order valence-corrected chi connectivity index (χ0v) is 11.3. The first-order chi connectivity index (χ1) is 9.72. The molecule has 0 amide bonds. The summed E-state index contributed by atoms with van der Waals surface area (Å²) in [6.45, 7) is 0.381. The van der Waals surface area contributed by atoms with Gasteiger partial charge in [0.25, 0.3) is 0 Å². The fourth-order valence-corrected chi connectivity index (χ4v) is 2.15. The Kier molecular flexibility index (Phi) is 3.52. The maximum atomic E-state index is 12.8. The molecule has 0 aliphatic rings. The summed E-state index contributed by atoms with van der Waals surface area (Å²) < 4.78 is 18.5. The zero-order chi connectivity index (χ0) is 13.9. The first-order valence-corrected chi connectivity index (χ1v) is 6.52. The highest BCUT2D eigenvalue weighted by Gasteiger charge is 2.02. The van der Waals surface area contributed by atoms with Gasteiger partial charge in [0.1, 0.15) is 18.2 Å². The molecule has 4 heteroatoms. The van der Waals surface area contributed by atoms with Crippen LogP contribution < -0.4 is 4.74 Å². The maximum absolute atomic E-state index is 12.8. The van der Waals surface area contributed by atoms with Crippen molar-refractivity contribution in [1.82, 2.24) is 4.98 Å². The molecular formula is C16H11ClFNO. The Morgan fingerprint density at radius 1 is 1.05 bits per heavy atom. The summed E-state index contributed by atoms with van der Waals surface area (Å²) in [5.41, 5.74) is 1.69.